The summed E-state index contributed by atoms with van der Waals surface area (Å²) in [5, 5.41) is 0. The van der Waals surface area contributed by atoms with Crippen LogP contribution in [0.5, 0.6) is 0 Å². The van der Waals surface area contributed by atoms with E-state index in [4.69, 9.17) is 19.5 Å². The summed E-state index contributed by atoms with van der Waals surface area (Å²) in [6.45, 7) is 7.18. The van der Waals surface area contributed by atoms with Crippen LogP contribution in [0.3, 0.4) is 0 Å². The minimum absolute atomic E-state index is 0.0339. The van der Waals surface area contributed by atoms with Crippen molar-refractivity contribution in [3.63, 3.8) is 0 Å². The zero-order valence-corrected chi connectivity index (χ0v) is 22.6. The number of halogens is 1. The minimum Gasteiger partial charge on any atom is -0.370 e. The third kappa shape index (κ3) is 10.7. The quantitative estimate of drug-likeness (QED) is 0.198. The Hall–Kier alpha value is -2.37. The van der Waals surface area contributed by atoms with E-state index >= 15 is 0 Å². The fourth-order valence-electron chi connectivity index (χ4n) is 2.54. The number of rotatable bonds is 12. The predicted octanol–water partition coefficient (Wildman–Crippen LogP) is 3.95. The van der Waals surface area contributed by atoms with Gasteiger partial charge in [-0.3, -0.25) is 9.78 Å². The summed E-state index contributed by atoms with van der Waals surface area (Å²) in [6, 6.07) is 6.26. The lowest BCUT2D eigenvalue weighted by molar-refractivity contribution is -0.113. The zero-order valence-electron chi connectivity index (χ0n) is 20.9. The number of benzene rings is 1. The Morgan fingerprint density at radius 3 is 2.69 bits per heavy atom. The molecule has 36 heavy (non-hydrogen) atoms. The van der Waals surface area contributed by atoms with Gasteiger partial charge in [-0.25, -0.2) is 9.37 Å². The number of hydrogen-bond donors (Lipinski definition) is 2. The molecular formula is C23H33FN5O5PS. The van der Waals surface area contributed by atoms with Crippen molar-refractivity contribution in [2.75, 3.05) is 37.3 Å². The van der Waals surface area contributed by atoms with E-state index in [0.29, 0.717) is 25.4 Å². The van der Waals surface area contributed by atoms with Gasteiger partial charge in [0.2, 0.25) is 5.95 Å². The summed E-state index contributed by atoms with van der Waals surface area (Å²) >= 11 is 1.67. The highest BCUT2D eigenvalue weighted by Gasteiger charge is 2.13. The van der Waals surface area contributed by atoms with E-state index in [0.717, 1.165) is 17.6 Å². The molecule has 0 bridgehead atoms. The van der Waals surface area contributed by atoms with Crippen LogP contribution in [0, 0.1) is 11.2 Å². The first kappa shape index (κ1) is 29.9. The van der Waals surface area contributed by atoms with E-state index in [-0.39, 0.29) is 41.2 Å². The first-order valence-electron chi connectivity index (χ1n) is 11.1. The normalized spacial score (nSPS) is 12.2. The number of ether oxygens (including phenoxy) is 1. The second-order valence-electron chi connectivity index (χ2n) is 8.64. The number of H-pyrrole nitrogens is 1. The van der Waals surface area contributed by atoms with Crippen LogP contribution in [0.4, 0.5) is 10.3 Å². The van der Waals surface area contributed by atoms with Crippen molar-refractivity contribution >= 4 is 43.5 Å². The molecule has 0 radical (unpaired) electrons. The Labute approximate surface area is 215 Å². The third-order valence-electron chi connectivity index (χ3n) is 4.31. The number of thioether (sulfide) groups is 1. The number of anilines is 1. The largest absolute Gasteiger partial charge is 0.370 e. The van der Waals surface area contributed by atoms with E-state index in [9.17, 15) is 14.0 Å². The number of imidazole rings is 1. The number of fused-ring (bicyclic) bond motifs is 1. The predicted molar refractivity (Wildman–Crippen MR) is 141 cm³/mol. The van der Waals surface area contributed by atoms with Gasteiger partial charge in [0.25, 0.3) is 5.56 Å². The topological polar surface area (TPSA) is 134 Å². The van der Waals surface area contributed by atoms with Crippen LogP contribution in [0.1, 0.15) is 26.3 Å². The van der Waals surface area contributed by atoms with Gasteiger partial charge >= 0.3 is 0 Å². The molecule has 0 fully saturated rings. The van der Waals surface area contributed by atoms with E-state index in [2.05, 4.69) is 15.0 Å². The molecule has 3 aromatic rings. The van der Waals surface area contributed by atoms with Gasteiger partial charge in [0.1, 0.15) is 18.5 Å². The molecule has 0 saturated heterocycles. The van der Waals surface area contributed by atoms with Gasteiger partial charge in [-0.1, -0.05) is 32.9 Å². The van der Waals surface area contributed by atoms with E-state index in [1.54, 1.807) is 28.5 Å². The smallest absolute Gasteiger partial charge is 0.280 e. The molecule has 2 heterocycles. The van der Waals surface area contributed by atoms with Crippen LogP contribution in [-0.2, 0) is 31.7 Å². The molecule has 0 spiro atoms. The molecule has 0 saturated carbocycles. The summed E-state index contributed by atoms with van der Waals surface area (Å²) in [5.74, 6) is 0.567. The fourth-order valence-corrected chi connectivity index (χ4v) is 4.01. The van der Waals surface area contributed by atoms with Crippen LogP contribution in [0.15, 0.2) is 35.4 Å². The van der Waals surface area contributed by atoms with Crippen molar-refractivity contribution < 1.29 is 23.0 Å². The van der Waals surface area contributed by atoms with Crippen LogP contribution in [-0.4, -0.2) is 57.4 Å². The number of nitrogens with one attached hydrogen (secondary N) is 1. The third-order valence-corrected chi connectivity index (χ3v) is 6.16. The fraction of sp³-hybridized carbons (Fsp3) is 0.478. The molecule has 2 aromatic heterocycles. The van der Waals surface area contributed by atoms with Crippen molar-refractivity contribution in [3.05, 3.63) is 52.3 Å². The molecule has 1 unspecified atom stereocenters. The molecule has 13 heteroatoms. The number of carbonyl (C=O) groups excluding carboxylic acids is 1. The van der Waals surface area contributed by atoms with Gasteiger partial charge in [-0.2, -0.15) is 16.7 Å². The van der Waals surface area contributed by atoms with E-state index in [1.165, 1.54) is 18.5 Å². The number of carbonyl (C=O) groups is 1. The second kappa shape index (κ2) is 15.0. The molecule has 3 rings (SSSR count). The number of aromatic nitrogens is 4. The average molecular weight is 542 g/mol. The van der Waals surface area contributed by atoms with Crippen molar-refractivity contribution in [2.24, 2.45) is 5.41 Å². The highest BCUT2D eigenvalue weighted by Crippen LogP contribution is 2.39. The van der Waals surface area contributed by atoms with Gasteiger partial charge in [-0.05, 0) is 24.0 Å². The van der Waals surface area contributed by atoms with Crippen LogP contribution in [0.25, 0.3) is 11.2 Å². The first-order chi connectivity index (χ1) is 17.1. The lowest BCUT2D eigenvalue weighted by atomic mass is 10.0. The van der Waals surface area contributed by atoms with Gasteiger partial charge in [0.15, 0.2) is 19.5 Å². The maximum Gasteiger partial charge on any atom is 0.280 e. The highest BCUT2D eigenvalue weighted by molar-refractivity contribution is 7.98. The van der Waals surface area contributed by atoms with E-state index in [1.807, 2.05) is 27.0 Å². The lowest BCUT2D eigenvalue weighted by Gasteiger charge is -2.17. The molecule has 0 aliphatic carbocycles. The molecule has 0 aliphatic rings. The number of hydrogen-bond acceptors (Lipinski definition) is 9. The standard InChI is InChI=1S/C18H23FN5O4PS.C5H10O/c1-30-8-7-27-29(28-10-13-3-2-4-14(19)9-13)12-26-6-5-24-11-21-15-16(24)22-18(20)23-17(15)25;1-5(2,3)4-6/h2-4,9,11H,5-8,10,12H2,1H3,(H3,20,22,23,25);4H,1-3H3. The van der Waals surface area contributed by atoms with Crippen LogP contribution >= 0.6 is 20.1 Å². The molecule has 0 amide bonds. The van der Waals surface area contributed by atoms with E-state index < -0.39 is 8.38 Å². The summed E-state index contributed by atoms with van der Waals surface area (Å²) in [7, 11) is -1.29. The summed E-state index contributed by atoms with van der Waals surface area (Å²) in [5.41, 5.74) is 6.44. The van der Waals surface area contributed by atoms with Crippen molar-refractivity contribution in [1.29, 1.82) is 0 Å². The van der Waals surface area contributed by atoms with Gasteiger partial charge in [-0.15, -0.1) is 0 Å². The maximum absolute atomic E-state index is 13.3. The van der Waals surface area contributed by atoms with Gasteiger partial charge in [0.05, 0.1) is 26.1 Å². The summed E-state index contributed by atoms with van der Waals surface area (Å²) in [6.07, 6.45) is 4.72. The Morgan fingerprint density at radius 1 is 1.28 bits per heavy atom. The lowest BCUT2D eigenvalue weighted by Crippen LogP contribution is -2.13. The Bertz CT molecular complexity index is 1150. The molecule has 198 valence electrons. The van der Waals surface area contributed by atoms with Crippen molar-refractivity contribution in [1.82, 2.24) is 19.5 Å². The van der Waals surface area contributed by atoms with Gasteiger partial charge in [0, 0.05) is 17.7 Å². The Morgan fingerprint density at radius 2 is 2.03 bits per heavy atom. The monoisotopic (exact) mass is 541 g/mol. The number of nitrogens with zero attached hydrogens (tertiary/aromatic N) is 3. The van der Waals surface area contributed by atoms with Gasteiger partial charge < -0.3 is 28.9 Å². The zero-order chi connectivity index (χ0) is 26.6. The molecule has 1 atom stereocenters. The van der Waals surface area contributed by atoms with Crippen molar-refractivity contribution in [3.8, 4) is 0 Å². The SMILES string of the molecule is CC(C)(C)C=O.CSCCOP(COCCn1cnc2c(=O)[nH]c(N)nc21)OCc1cccc(F)c1. The molecule has 0 aliphatic heterocycles. The Balaban J connectivity index is 0.000000678. The first-order valence-corrected chi connectivity index (χ1v) is 13.9. The van der Waals surface area contributed by atoms with Crippen molar-refractivity contribution in [2.45, 2.75) is 33.9 Å². The number of nitrogens with two attached hydrogens (primary N) is 1. The molecule has 1 aromatic carbocycles. The maximum atomic E-state index is 13.3. The number of aldehydes is 1. The second-order valence-corrected chi connectivity index (χ2v) is 11.1. The Kier molecular flexibility index (Phi) is 12.5. The summed E-state index contributed by atoms with van der Waals surface area (Å²) in [4.78, 5) is 32.2. The minimum atomic E-state index is -1.29. The molecule has 10 nitrogen and oxygen atoms in total. The molecule has 3 N–H and O–H groups in total. The average Bonchev–Trinajstić information content (AvgIpc) is 3.23. The highest BCUT2D eigenvalue weighted by atomic mass is 32.2. The number of nitrogen functional groups attached to an aromatic ring is 1. The number of aromatic amines is 1. The summed E-state index contributed by atoms with van der Waals surface area (Å²) < 4.78 is 32.4. The van der Waals surface area contributed by atoms with Crippen LogP contribution < -0.4 is 11.3 Å². The van der Waals surface area contributed by atoms with Crippen LogP contribution in [0.2, 0.25) is 0 Å². The molecular weight excluding hydrogens is 508 g/mol.